The van der Waals surface area contributed by atoms with Gasteiger partial charge in [0.05, 0.1) is 17.9 Å². The van der Waals surface area contributed by atoms with Crippen molar-refractivity contribution in [3.63, 3.8) is 0 Å². The molecule has 17 heavy (non-hydrogen) atoms. The summed E-state index contributed by atoms with van der Waals surface area (Å²) >= 11 is 0. The van der Waals surface area contributed by atoms with E-state index in [-0.39, 0.29) is 0 Å². The summed E-state index contributed by atoms with van der Waals surface area (Å²) in [6, 6.07) is 7.99. The van der Waals surface area contributed by atoms with E-state index in [9.17, 15) is 0 Å². The van der Waals surface area contributed by atoms with Gasteiger partial charge in [0.1, 0.15) is 11.5 Å². The van der Waals surface area contributed by atoms with Gasteiger partial charge in [-0.1, -0.05) is 0 Å². The molecular weight excluding hydrogens is 212 g/mol. The van der Waals surface area contributed by atoms with Gasteiger partial charge in [-0.05, 0) is 56.2 Å². The second-order valence-electron chi connectivity index (χ2n) is 4.39. The molecule has 3 heteroatoms. The Morgan fingerprint density at radius 1 is 1.12 bits per heavy atom. The Hall–Kier alpha value is -1.90. The van der Waals surface area contributed by atoms with Crippen LogP contribution in [0.5, 0.6) is 0 Å². The van der Waals surface area contributed by atoms with Crippen LogP contribution in [-0.2, 0) is 6.54 Å². The van der Waals surface area contributed by atoms with Gasteiger partial charge in [0.25, 0.3) is 0 Å². The number of aryl methyl sites for hydroxylation is 3. The van der Waals surface area contributed by atoms with Gasteiger partial charge in [0, 0.05) is 0 Å². The Balaban J connectivity index is 2.11. The number of benzene rings is 1. The van der Waals surface area contributed by atoms with Crippen LogP contribution in [0, 0.1) is 20.8 Å². The fourth-order valence-corrected chi connectivity index (χ4v) is 1.75. The van der Waals surface area contributed by atoms with Crippen LogP contribution in [0.1, 0.15) is 22.6 Å². The second-order valence-corrected chi connectivity index (χ2v) is 4.39. The SMILES string of the molecule is Cc1ccc(CNc2cc(C)c(C)cc2N)o1. The number of anilines is 2. The molecule has 0 bridgehead atoms. The van der Waals surface area contributed by atoms with Gasteiger partial charge < -0.3 is 15.5 Å². The maximum absolute atomic E-state index is 5.97. The smallest absolute Gasteiger partial charge is 0.123 e. The minimum Gasteiger partial charge on any atom is -0.465 e. The quantitative estimate of drug-likeness (QED) is 0.794. The Morgan fingerprint density at radius 3 is 2.47 bits per heavy atom. The van der Waals surface area contributed by atoms with Gasteiger partial charge in [-0.2, -0.15) is 0 Å². The average Bonchev–Trinajstić information content (AvgIpc) is 2.68. The number of rotatable bonds is 3. The van der Waals surface area contributed by atoms with E-state index in [1.807, 2.05) is 25.1 Å². The molecule has 3 N–H and O–H groups in total. The number of nitrogens with one attached hydrogen (secondary N) is 1. The van der Waals surface area contributed by atoms with E-state index in [4.69, 9.17) is 10.2 Å². The van der Waals surface area contributed by atoms with Crippen molar-refractivity contribution in [2.24, 2.45) is 0 Å². The lowest BCUT2D eigenvalue weighted by Gasteiger charge is -2.11. The van der Waals surface area contributed by atoms with Crippen molar-refractivity contribution in [2.45, 2.75) is 27.3 Å². The molecule has 0 aliphatic heterocycles. The van der Waals surface area contributed by atoms with E-state index in [2.05, 4.69) is 25.2 Å². The summed E-state index contributed by atoms with van der Waals surface area (Å²) in [5.74, 6) is 1.84. The van der Waals surface area contributed by atoms with Gasteiger partial charge in [-0.3, -0.25) is 0 Å². The highest BCUT2D eigenvalue weighted by Gasteiger charge is 2.03. The third-order valence-corrected chi connectivity index (χ3v) is 2.91. The van der Waals surface area contributed by atoms with Crippen LogP contribution in [0.25, 0.3) is 0 Å². The van der Waals surface area contributed by atoms with E-state index in [0.29, 0.717) is 6.54 Å². The average molecular weight is 230 g/mol. The minimum atomic E-state index is 0.653. The standard InChI is InChI=1S/C14H18N2O/c1-9-6-13(15)14(7-10(9)2)16-8-12-5-4-11(3)17-12/h4-7,16H,8,15H2,1-3H3. The first-order chi connectivity index (χ1) is 8.06. The summed E-state index contributed by atoms with van der Waals surface area (Å²) in [6.45, 7) is 6.73. The third kappa shape index (κ3) is 2.61. The highest BCUT2D eigenvalue weighted by Crippen LogP contribution is 2.23. The number of hydrogen-bond donors (Lipinski definition) is 2. The topological polar surface area (TPSA) is 51.2 Å². The summed E-state index contributed by atoms with van der Waals surface area (Å²) in [7, 11) is 0. The highest BCUT2D eigenvalue weighted by atomic mass is 16.3. The molecule has 0 unspecified atom stereocenters. The molecule has 0 saturated heterocycles. The predicted molar refractivity (Wildman–Crippen MR) is 71.1 cm³/mol. The van der Waals surface area contributed by atoms with Crippen molar-refractivity contribution < 1.29 is 4.42 Å². The van der Waals surface area contributed by atoms with Crippen LogP contribution in [-0.4, -0.2) is 0 Å². The molecule has 0 amide bonds. The van der Waals surface area contributed by atoms with Crippen molar-refractivity contribution in [3.8, 4) is 0 Å². The normalized spacial score (nSPS) is 10.5. The molecular formula is C14H18N2O. The van der Waals surface area contributed by atoms with E-state index < -0.39 is 0 Å². The van der Waals surface area contributed by atoms with Gasteiger partial charge in [0.15, 0.2) is 0 Å². The van der Waals surface area contributed by atoms with Crippen LogP contribution in [0.15, 0.2) is 28.7 Å². The summed E-state index contributed by atoms with van der Waals surface area (Å²) in [5, 5.41) is 3.29. The lowest BCUT2D eigenvalue weighted by atomic mass is 10.1. The van der Waals surface area contributed by atoms with Gasteiger partial charge in [-0.25, -0.2) is 0 Å². The number of nitrogens with two attached hydrogens (primary N) is 1. The minimum absolute atomic E-state index is 0.653. The van der Waals surface area contributed by atoms with Crippen LogP contribution in [0.2, 0.25) is 0 Å². The zero-order valence-electron chi connectivity index (χ0n) is 10.5. The van der Waals surface area contributed by atoms with Crippen molar-refractivity contribution in [1.29, 1.82) is 0 Å². The van der Waals surface area contributed by atoms with Crippen molar-refractivity contribution >= 4 is 11.4 Å². The molecule has 90 valence electrons. The molecule has 0 radical (unpaired) electrons. The molecule has 3 nitrogen and oxygen atoms in total. The summed E-state index contributed by atoms with van der Waals surface area (Å²) in [6.07, 6.45) is 0. The molecule has 2 rings (SSSR count). The fourth-order valence-electron chi connectivity index (χ4n) is 1.75. The third-order valence-electron chi connectivity index (χ3n) is 2.91. The van der Waals surface area contributed by atoms with E-state index in [1.165, 1.54) is 11.1 Å². The van der Waals surface area contributed by atoms with Gasteiger partial charge in [-0.15, -0.1) is 0 Å². The summed E-state index contributed by atoms with van der Waals surface area (Å²) in [5.41, 5.74) is 10.1. The first kappa shape index (κ1) is 11.6. The van der Waals surface area contributed by atoms with Crippen LogP contribution >= 0.6 is 0 Å². The number of hydrogen-bond acceptors (Lipinski definition) is 3. The lowest BCUT2D eigenvalue weighted by molar-refractivity contribution is 0.490. The van der Waals surface area contributed by atoms with E-state index >= 15 is 0 Å². The molecule has 0 aliphatic carbocycles. The predicted octanol–water partition coefficient (Wildman–Crippen LogP) is 3.40. The van der Waals surface area contributed by atoms with Crippen molar-refractivity contribution in [3.05, 3.63) is 46.9 Å². The second kappa shape index (κ2) is 4.53. The summed E-state index contributed by atoms with van der Waals surface area (Å²) in [4.78, 5) is 0. The Kier molecular flexibility index (Phi) is 3.09. The molecule has 1 heterocycles. The Bertz CT molecular complexity index is 529. The monoisotopic (exact) mass is 230 g/mol. The van der Waals surface area contributed by atoms with E-state index in [0.717, 1.165) is 22.9 Å². The molecule has 2 aromatic rings. The zero-order valence-corrected chi connectivity index (χ0v) is 10.5. The fraction of sp³-hybridized carbons (Fsp3) is 0.286. The number of nitrogen functional groups attached to an aromatic ring is 1. The van der Waals surface area contributed by atoms with Crippen molar-refractivity contribution in [2.75, 3.05) is 11.1 Å². The molecule has 0 aliphatic rings. The highest BCUT2D eigenvalue weighted by molar-refractivity contribution is 5.68. The van der Waals surface area contributed by atoms with Crippen LogP contribution in [0.3, 0.4) is 0 Å². The van der Waals surface area contributed by atoms with Crippen molar-refractivity contribution in [1.82, 2.24) is 0 Å². The lowest BCUT2D eigenvalue weighted by Crippen LogP contribution is -2.02. The molecule has 0 spiro atoms. The maximum Gasteiger partial charge on any atom is 0.123 e. The molecule has 1 aromatic heterocycles. The first-order valence-electron chi connectivity index (χ1n) is 5.72. The number of furan rings is 1. The van der Waals surface area contributed by atoms with Crippen LogP contribution in [0.4, 0.5) is 11.4 Å². The summed E-state index contributed by atoms with van der Waals surface area (Å²) < 4.78 is 5.50. The maximum atomic E-state index is 5.97. The molecule has 0 fully saturated rings. The van der Waals surface area contributed by atoms with Gasteiger partial charge >= 0.3 is 0 Å². The van der Waals surface area contributed by atoms with E-state index in [1.54, 1.807) is 0 Å². The Morgan fingerprint density at radius 2 is 1.82 bits per heavy atom. The molecule has 1 aromatic carbocycles. The largest absolute Gasteiger partial charge is 0.465 e. The molecule has 0 saturated carbocycles. The zero-order chi connectivity index (χ0) is 12.4. The van der Waals surface area contributed by atoms with Crippen LogP contribution < -0.4 is 11.1 Å². The Labute approximate surface area is 102 Å². The molecule has 0 atom stereocenters. The first-order valence-corrected chi connectivity index (χ1v) is 5.72. The van der Waals surface area contributed by atoms with Gasteiger partial charge in [0.2, 0.25) is 0 Å².